The van der Waals surface area contributed by atoms with Crippen molar-refractivity contribution >= 4 is 0 Å². The van der Waals surface area contributed by atoms with Gasteiger partial charge in [-0.2, -0.15) is 0 Å². The summed E-state index contributed by atoms with van der Waals surface area (Å²) < 4.78 is 10.5. The molecule has 0 aliphatic rings. The smallest absolute Gasteiger partial charge is 0.182 e. The van der Waals surface area contributed by atoms with E-state index in [1.54, 1.807) is 26.5 Å². The number of aromatic nitrogens is 1. The lowest BCUT2D eigenvalue weighted by atomic mass is 9.86. The highest BCUT2D eigenvalue weighted by Crippen LogP contribution is 2.31. The summed E-state index contributed by atoms with van der Waals surface area (Å²) in [5.41, 5.74) is 0.701. The first kappa shape index (κ1) is 14.8. The lowest BCUT2D eigenvalue weighted by molar-refractivity contribution is 0.0556. The minimum absolute atomic E-state index is 0.119. The summed E-state index contributed by atoms with van der Waals surface area (Å²) in [5, 5.41) is 10.0. The molecule has 0 spiro atoms. The molecule has 0 saturated heterocycles. The maximum Gasteiger partial charge on any atom is 0.182 e. The standard InChI is InChI=1S/C14H23NO3/c1-14(2,3)12(16)7-6-10-13(18-5)11(17-4)8-9-15-10/h8-9,12,16H,6-7H2,1-5H3. The average Bonchev–Trinajstić information content (AvgIpc) is 2.33. The maximum absolute atomic E-state index is 10.0. The highest BCUT2D eigenvalue weighted by atomic mass is 16.5. The quantitative estimate of drug-likeness (QED) is 0.875. The Balaban J connectivity index is 2.79. The molecule has 1 aromatic rings. The molecular weight excluding hydrogens is 230 g/mol. The first-order chi connectivity index (χ1) is 8.40. The third-order valence-electron chi connectivity index (χ3n) is 3.02. The molecule has 1 rings (SSSR count). The van der Waals surface area contributed by atoms with Crippen LogP contribution in [0.3, 0.4) is 0 Å². The van der Waals surface area contributed by atoms with Crippen molar-refractivity contribution in [1.29, 1.82) is 0 Å². The third kappa shape index (κ3) is 3.60. The van der Waals surface area contributed by atoms with Gasteiger partial charge in [0.05, 0.1) is 26.0 Å². The Bertz CT molecular complexity index is 385. The van der Waals surface area contributed by atoms with Gasteiger partial charge in [0.25, 0.3) is 0 Å². The zero-order chi connectivity index (χ0) is 13.8. The maximum atomic E-state index is 10.0. The van der Waals surface area contributed by atoms with E-state index in [0.717, 1.165) is 5.69 Å². The number of pyridine rings is 1. The minimum atomic E-state index is -0.366. The van der Waals surface area contributed by atoms with Gasteiger partial charge in [-0.1, -0.05) is 20.8 Å². The van der Waals surface area contributed by atoms with E-state index in [9.17, 15) is 5.11 Å². The van der Waals surface area contributed by atoms with Crippen molar-refractivity contribution in [2.45, 2.75) is 39.7 Å². The Labute approximate surface area is 109 Å². The van der Waals surface area contributed by atoms with E-state index in [2.05, 4.69) is 4.98 Å². The van der Waals surface area contributed by atoms with Crippen LogP contribution in [0, 0.1) is 5.41 Å². The molecule has 1 N–H and O–H groups in total. The molecule has 4 nitrogen and oxygen atoms in total. The van der Waals surface area contributed by atoms with Crippen molar-refractivity contribution in [2.75, 3.05) is 14.2 Å². The van der Waals surface area contributed by atoms with Crippen LogP contribution in [0.5, 0.6) is 11.5 Å². The summed E-state index contributed by atoms with van der Waals surface area (Å²) in [5.74, 6) is 1.33. The Kier molecular flexibility index (Phi) is 4.96. The SMILES string of the molecule is COc1ccnc(CCC(O)C(C)(C)C)c1OC. The molecule has 0 aliphatic carbocycles. The van der Waals surface area contributed by atoms with Gasteiger partial charge >= 0.3 is 0 Å². The highest BCUT2D eigenvalue weighted by Gasteiger charge is 2.22. The molecule has 0 fully saturated rings. The van der Waals surface area contributed by atoms with Gasteiger partial charge in [0.2, 0.25) is 0 Å². The van der Waals surface area contributed by atoms with Crippen LogP contribution in [0.4, 0.5) is 0 Å². The van der Waals surface area contributed by atoms with Gasteiger partial charge in [-0.3, -0.25) is 4.98 Å². The number of aliphatic hydroxyl groups excluding tert-OH is 1. The zero-order valence-corrected chi connectivity index (χ0v) is 11.9. The van der Waals surface area contributed by atoms with Gasteiger partial charge in [-0.15, -0.1) is 0 Å². The average molecular weight is 253 g/mol. The number of aliphatic hydroxyl groups is 1. The summed E-state index contributed by atoms with van der Waals surface area (Å²) in [6.45, 7) is 6.07. The second kappa shape index (κ2) is 6.05. The van der Waals surface area contributed by atoms with E-state index in [1.807, 2.05) is 20.8 Å². The van der Waals surface area contributed by atoms with Crippen molar-refractivity contribution in [3.05, 3.63) is 18.0 Å². The summed E-state index contributed by atoms with van der Waals surface area (Å²) in [6.07, 6.45) is 2.65. The topological polar surface area (TPSA) is 51.6 Å². The van der Waals surface area contributed by atoms with E-state index in [0.29, 0.717) is 24.3 Å². The molecule has 0 bridgehead atoms. The number of rotatable bonds is 5. The minimum Gasteiger partial charge on any atom is -0.493 e. The molecule has 1 heterocycles. The Morgan fingerprint density at radius 2 is 1.94 bits per heavy atom. The molecule has 0 saturated carbocycles. The fraction of sp³-hybridized carbons (Fsp3) is 0.643. The Hall–Kier alpha value is -1.29. The molecule has 0 radical (unpaired) electrons. The number of ether oxygens (including phenoxy) is 2. The van der Waals surface area contributed by atoms with Crippen molar-refractivity contribution in [2.24, 2.45) is 5.41 Å². The summed E-state index contributed by atoms with van der Waals surface area (Å²) >= 11 is 0. The molecule has 0 aromatic carbocycles. The normalized spacial score (nSPS) is 13.2. The molecule has 1 atom stereocenters. The lowest BCUT2D eigenvalue weighted by Crippen LogP contribution is -2.26. The fourth-order valence-electron chi connectivity index (χ4n) is 1.74. The van der Waals surface area contributed by atoms with Crippen LogP contribution in [-0.2, 0) is 6.42 Å². The van der Waals surface area contributed by atoms with E-state index in [1.165, 1.54) is 0 Å². The lowest BCUT2D eigenvalue weighted by Gasteiger charge is -2.25. The van der Waals surface area contributed by atoms with Crippen molar-refractivity contribution in [3.63, 3.8) is 0 Å². The number of hydrogen-bond acceptors (Lipinski definition) is 4. The molecule has 102 valence electrons. The predicted molar refractivity (Wildman–Crippen MR) is 71.1 cm³/mol. The van der Waals surface area contributed by atoms with Crippen LogP contribution in [0.25, 0.3) is 0 Å². The molecule has 18 heavy (non-hydrogen) atoms. The predicted octanol–water partition coefficient (Wildman–Crippen LogP) is 2.44. The number of methoxy groups -OCH3 is 2. The van der Waals surface area contributed by atoms with E-state index in [-0.39, 0.29) is 11.5 Å². The van der Waals surface area contributed by atoms with Crippen LogP contribution in [0.15, 0.2) is 12.3 Å². The highest BCUT2D eigenvalue weighted by molar-refractivity contribution is 5.42. The first-order valence-electron chi connectivity index (χ1n) is 6.14. The molecule has 0 amide bonds. The van der Waals surface area contributed by atoms with Crippen LogP contribution >= 0.6 is 0 Å². The van der Waals surface area contributed by atoms with Crippen molar-refractivity contribution in [3.8, 4) is 11.5 Å². The van der Waals surface area contributed by atoms with Crippen LogP contribution in [0.2, 0.25) is 0 Å². The van der Waals surface area contributed by atoms with E-state index >= 15 is 0 Å². The van der Waals surface area contributed by atoms with E-state index in [4.69, 9.17) is 9.47 Å². The van der Waals surface area contributed by atoms with Crippen molar-refractivity contribution in [1.82, 2.24) is 4.98 Å². The van der Waals surface area contributed by atoms with Crippen LogP contribution in [-0.4, -0.2) is 30.4 Å². The zero-order valence-electron chi connectivity index (χ0n) is 11.9. The van der Waals surface area contributed by atoms with Gasteiger partial charge in [0.15, 0.2) is 11.5 Å². The molecule has 0 aliphatic heterocycles. The van der Waals surface area contributed by atoms with Gasteiger partial charge in [-0.25, -0.2) is 0 Å². The largest absolute Gasteiger partial charge is 0.493 e. The van der Waals surface area contributed by atoms with Gasteiger partial charge in [-0.05, 0) is 18.3 Å². The van der Waals surface area contributed by atoms with Gasteiger partial charge in [0, 0.05) is 12.3 Å². The Morgan fingerprint density at radius 1 is 1.28 bits per heavy atom. The van der Waals surface area contributed by atoms with Gasteiger partial charge < -0.3 is 14.6 Å². The first-order valence-corrected chi connectivity index (χ1v) is 6.14. The fourth-order valence-corrected chi connectivity index (χ4v) is 1.74. The number of aryl methyl sites for hydroxylation is 1. The molecule has 1 aromatic heterocycles. The van der Waals surface area contributed by atoms with Gasteiger partial charge in [0.1, 0.15) is 0 Å². The van der Waals surface area contributed by atoms with Crippen LogP contribution in [0.1, 0.15) is 32.9 Å². The summed E-state index contributed by atoms with van der Waals surface area (Å²) in [6, 6.07) is 1.77. The Morgan fingerprint density at radius 3 is 2.44 bits per heavy atom. The second-order valence-electron chi connectivity index (χ2n) is 5.41. The number of hydrogen-bond donors (Lipinski definition) is 1. The summed E-state index contributed by atoms with van der Waals surface area (Å²) in [4.78, 5) is 4.30. The summed E-state index contributed by atoms with van der Waals surface area (Å²) in [7, 11) is 3.20. The molecule has 1 unspecified atom stereocenters. The monoisotopic (exact) mass is 253 g/mol. The van der Waals surface area contributed by atoms with Crippen LogP contribution < -0.4 is 9.47 Å². The molecule has 4 heteroatoms. The second-order valence-corrected chi connectivity index (χ2v) is 5.41. The van der Waals surface area contributed by atoms with Crippen molar-refractivity contribution < 1.29 is 14.6 Å². The van der Waals surface area contributed by atoms with E-state index < -0.39 is 0 Å². The number of nitrogens with zero attached hydrogens (tertiary/aromatic N) is 1. The third-order valence-corrected chi connectivity index (χ3v) is 3.02. The molecular formula is C14H23NO3.